The lowest BCUT2D eigenvalue weighted by molar-refractivity contribution is -0.0322. The number of hydrogen-bond acceptors (Lipinski definition) is 3. The third kappa shape index (κ3) is 2.32. The van der Waals surface area contributed by atoms with E-state index in [0.29, 0.717) is 11.5 Å². The van der Waals surface area contributed by atoms with Gasteiger partial charge in [-0.2, -0.15) is 0 Å². The van der Waals surface area contributed by atoms with Crippen LogP contribution in [0, 0.1) is 5.41 Å². The van der Waals surface area contributed by atoms with Crippen LogP contribution in [-0.2, 0) is 4.74 Å². The fourth-order valence-electron chi connectivity index (χ4n) is 2.76. The molecule has 1 unspecified atom stereocenters. The highest BCUT2D eigenvalue weighted by Crippen LogP contribution is 2.45. The molecular weight excluding hydrogens is 204 g/mol. The molecule has 0 aromatic rings. The topological polar surface area (TPSA) is 55.6 Å². The van der Waals surface area contributed by atoms with Crippen LogP contribution in [0.2, 0.25) is 0 Å². The summed E-state index contributed by atoms with van der Waals surface area (Å²) in [6, 6.07) is 0.334. The summed E-state index contributed by atoms with van der Waals surface area (Å²) in [6.07, 6.45) is 3.14. The molecule has 0 radical (unpaired) electrons. The average molecular weight is 226 g/mol. The third-order valence-corrected chi connectivity index (χ3v) is 3.44. The Morgan fingerprint density at radius 3 is 2.50 bits per heavy atom. The van der Waals surface area contributed by atoms with Gasteiger partial charge in [-0.15, -0.1) is 0 Å². The maximum atomic E-state index is 11.7. The first-order chi connectivity index (χ1) is 7.30. The highest BCUT2D eigenvalue weighted by Gasteiger charge is 2.49. The maximum Gasteiger partial charge on any atom is 0.410 e. The van der Waals surface area contributed by atoms with E-state index in [2.05, 4.69) is 0 Å². The lowest BCUT2D eigenvalue weighted by atomic mass is 9.78. The number of likely N-dealkylation sites (tertiary alicyclic amines) is 1. The Morgan fingerprint density at radius 1 is 1.44 bits per heavy atom. The number of nitrogens with zero attached hydrogens (tertiary/aromatic N) is 1. The van der Waals surface area contributed by atoms with Crippen molar-refractivity contribution in [1.29, 1.82) is 0 Å². The van der Waals surface area contributed by atoms with E-state index in [0.717, 1.165) is 32.4 Å². The van der Waals surface area contributed by atoms with Gasteiger partial charge in [0.25, 0.3) is 0 Å². The highest BCUT2D eigenvalue weighted by atomic mass is 16.6. The van der Waals surface area contributed by atoms with Crippen LogP contribution in [0.3, 0.4) is 0 Å². The van der Waals surface area contributed by atoms with Crippen molar-refractivity contribution in [3.8, 4) is 0 Å². The van der Waals surface area contributed by atoms with Crippen LogP contribution in [-0.4, -0.2) is 35.7 Å². The maximum absolute atomic E-state index is 11.7. The summed E-state index contributed by atoms with van der Waals surface area (Å²) in [5.74, 6) is 0. The van der Waals surface area contributed by atoms with Gasteiger partial charge in [-0.1, -0.05) is 0 Å². The monoisotopic (exact) mass is 226 g/mol. The Bertz CT molecular complexity index is 290. The second-order valence-electron chi connectivity index (χ2n) is 6.34. The van der Waals surface area contributed by atoms with E-state index in [1.807, 2.05) is 20.8 Å². The number of hydrogen-bond donors (Lipinski definition) is 1. The predicted octanol–water partition coefficient (Wildman–Crippen LogP) is 1.73. The normalized spacial score (nSPS) is 28.0. The lowest BCUT2D eigenvalue weighted by Crippen LogP contribution is -2.58. The van der Waals surface area contributed by atoms with Crippen LogP contribution < -0.4 is 5.73 Å². The predicted molar refractivity (Wildman–Crippen MR) is 62.1 cm³/mol. The molecule has 16 heavy (non-hydrogen) atoms. The molecule has 0 bridgehead atoms. The zero-order chi connectivity index (χ0) is 12.0. The SMILES string of the molecule is CC(C)(C)OC(=O)N1CC2(CCC(N)C2)C1. The van der Waals surface area contributed by atoms with Gasteiger partial charge in [0, 0.05) is 24.5 Å². The molecule has 0 aromatic heterocycles. The van der Waals surface area contributed by atoms with Crippen molar-refractivity contribution in [2.75, 3.05) is 13.1 Å². The molecule has 0 aromatic carbocycles. The van der Waals surface area contributed by atoms with Gasteiger partial charge >= 0.3 is 6.09 Å². The number of carbonyl (C=O) groups excluding carboxylic acids is 1. The lowest BCUT2D eigenvalue weighted by Gasteiger charge is -2.48. The van der Waals surface area contributed by atoms with Crippen molar-refractivity contribution in [2.45, 2.75) is 51.7 Å². The molecule has 2 aliphatic rings. The summed E-state index contributed by atoms with van der Waals surface area (Å²) in [5, 5.41) is 0. The summed E-state index contributed by atoms with van der Waals surface area (Å²) < 4.78 is 5.33. The fourth-order valence-corrected chi connectivity index (χ4v) is 2.76. The molecule has 1 heterocycles. The number of nitrogens with two attached hydrogens (primary N) is 1. The highest BCUT2D eigenvalue weighted by molar-refractivity contribution is 5.69. The van der Waals surface area contributed by atoms with E-state index in [-0.39, 0.29) is 6.09 Å². The Balaban J connectivity index is 1.82. The van der Waals surface area contributed by atoms with Gasteiger partial charge in [0.2, 0.25) is 0 Å². The largest absolute Gasteiger partial charge is 0.444 e. The van der Waals surface area contributed by atoms with Gasteiger partial charge in [-0.25, -0.2) is 4.79 Å². The van der Waals surface area contributed by atoms with Gasteiger partial charge < -0.3 is 15.4 Å². The van der Waals surface area contributed by atoms with Crippen molar-refractivity contribution in [2.24, 2.45) is 11.1 Å². The van der Waals surface area contributed by atoms with E-state index < -0.39 is 5.60 Å². The van der Waals surface area contributed by atoms with Crippen LogP contribution in [0.15, 0.2) is 0 Å². The second kappa shape index (κ2) is 3.62. The van der Waals surface area contributed by atoms with E-state index in [4.69, 9.17) is 10.5 Å². The zero-order valence-corrected chi connectivity index (χ0v) is 10.5. The van der Waals surface area contributed by atoms with Crippen molar-refractivity contribution < 1.29 is 9.53 Å². The molecule has 2 N–H and O–H groups in total. The fraction of sp³-hybridized carbons (Fsp3) is 0.917. The molecule has 1 aliphatic heterocycles. The Morgan fingerprint density at radius 2 is 2.06 bits per heavy atom. The number of carbonyl (C=O) groups is 1. The zero-order valence-electron chi connectivity index (χ0n) is 10.5. The van der Waals surface area contributed by atoms with Gasteiger partial charge in [-0.05, 0) is 40.0 Å². The molecule has 1 spiro atoms. The Labute approximate surface area is 97.1 Å². The molecule has 1 amide bonds. The molecule has 2 fully saturated rings. The summed E-state index contributed by atoms with van der Waals surface area (Å²) in [7, 11) is 0. The van der Waals surface area contributed by atoms with E-state index in [1.54, 1.807) is 4.90 Å². The van der Waals surface area contributed by atoms with Crippen LogP contribution in [0.5, 0.6) is 0 Å². The summed E-state index contributed by atoms with van der Waals surface area (Å²) >= 11 is 0. The first-order valence-corrected chi connectivity index (χ1v) is 6.03. The molecule has 1 saturated carbocycles. The first kappa shape index (κ1) is 11.7. The van der Waals surface area contributed by atoms with Crippen LogP contribution in [0.25, 0.3) is 0 Å². The average Bonchev–Trinajstić information content (AvgIpc) is 2.41. The van der Waals surface area contributed by atoms with E-state index >= 15 is 0 Å². The molecule has 1 saturated heterocycles. The third-order valence-electron chi connectivity index (χ3n) is 3.44. The molecular formula is C12H22N2O2. The minimum absolute atomic E-state index is 0.182. The quantitative estimate of drug-likeness (QED) is 0.684. The number of ether oxygens (including phenoxy) is 1. The van der Waals surface area contributed by atoms with Gasteiger partial charge in [0.15, 0.2) is 0 Å². The molecule has 4 heteroatoms. The van der Waals surface area contributed by atoms with Crippen LogP contribution >= 0.6 is 0 Å². The van der Waals surface area contributed by atoms with Gasteiger partial charge in [0.05, 0.1) is 0 Å². The van der Waals surface area contributed by atoms with Crippen molar-refractivity contribution >= 4 is 6.09 Å². The standard InChI is InChI=1S/C12H22N2O2/c1-11(2,3)16-10(15)14-7-12(8-14)5-4-9(13)6-12/h9H,4-8,13H2,1-3H3. The van der Waals surface area contributed by atoms with Crippen molar-refractivity contribution in [3.63, 3.8) is 0 Å². The van der Waals surface area contributed by atoms with Crippen molar-refractivity contribution in [3.05, 3.63) is 0 Å². The van der Waals surface area contributed by atoms with E-state index in [9.17, 15) is 4.79 Å². The second-order valence-corrected chi connectivity index (χ2v) is 6.34. The minimum atomic E-state index is -0.397. The van der Waals surface area contributed by atoms with Crippen LogP contribution in [0.1, 0.15) is 40.0 Å². The summed E-state index contributed by atoms with van der Waals surface area (Å²) in [5.41, 5.74) is 5.83. The Kier molecular flexibility index (Phi) is 2.65. The number of amides is 1. The number of rotatable bonds is 0. The van der Waals surface area contributed by atoms with Crippen LogP contribution in [0.4, 0.5) is 4.79 Å². The molecule has 92 valence electrons. The molecule has 2 rings (SSSR count). The Hall–Kier alpha value is -0.770. The molecule has 1 aliphatic carbocycles. The van der Waals surface area contributed by atoms with Crippen molar-refractivity contribution in [1.82, 2.24) is 4.90 Å². The first-order valence-electron chi connectivity index (χ1n) is 6.03. The van der Waals surface area contributed by atoms with Gasteiger partial charge in [0.1, 0.15) is 5.60 Å². The molecule has 1 atom stereocenters. The summed E-state index contributed by atoms with van der Waals surface area (Å²) in [6.45, 7) is 7.34. The minimum Gasteiger partial charge on any atom is -0.444 e. The van der Waals surface area contributed by atoms with E-state index in [1.165, 1.54) is 0 Å². The molecule has 4 nitrogen and oxygen atoms in total. The smallest absolute Gasteiger partial charge is 0.410 e. The van der Waals surface area contributed by atoms with Gasteiger partial charge in [-0.3, -0.25) is 0 Å². The summed E-state index contributed by atoms with van der Waals surface area (Å²) in [4.78, 5) is 13.5.